The Bertz CT molecular complexity index is 272. The van der Waals surface area contributed by atoms with E-state index in [1.165, 1.54) is 6.20 Å². The number of nitrogens with zero attached hydrogens (tertiary/aromatic N) is 2. The third-order valence-corrected chi connectivity index (χ3v) is 1.38. The van der Waals surface area contributed by atoms with Gasteiger partial charge in [0, 0.05) is 7.05 Å². The van der Waals surface area contributed by atoms with Crippen molar-refractivity contribution in [2.75, 3.05) is 7.05 Å². The monoisotopic (exact) mass is 151 g/mol. The molecule has 0 bridgehead atoms. The van der Waals surface area contributed by atoms with Gasteiger partial charge in [-0.3, -0.25) is 4.79 Å². The van der Waals surface area contributed by atoms with Crippen molar-refractivity contribution in [3.63, 3.8) is 0 Å². The van der Waals surface area contributed by atoms with Gasteiger partial charge in [0.05, 0.1) is 17.5 Å². The molecule has 0 aromatic carbocycles. The Morgan fingerprint density at radius 3 is 2.91 bits per heavy atom. The van der Waals surface area contributed by atoms with Gasteiger partial charge in [-0.2, -0.15) is 10.2 Å². The summed E-state index contributed by atoms with van der Waals surface area (Å²) in [6.45, 7) is 1.75. The van der Waals surface area contributed by atoms with Gasteiger partial charge in [0.1, 0.15) is 0 Å². The van der Waals surface area contributed by atoms with Crippen LogP contribution in [-0.2, 0) is 0 Å². The van der Waals surface area contributed by atoms with E-state index >= 15 is 0 Å². The Hall–Kier alpha value is -1.45. The van der Waals surface area contributed by atoms with E-state index in [1.54, 1.807) is 20.0 Å². The highest BCUT2D eigenvalue weighted by atomic mass is 16.1. The quantitative estimate of drug-likeness (QED) is 0.621. The van der Waals surface area contributed by atoms with E-state index in [0.29, 0.717) is 11.3 Å². The first-order valence-electron chi connectivity index (χ1n) is 3.26. The van der Waals surface area contributed by atoms with Gasteiger partial charge in [0.25, 0.3) is 5.91 Å². The van der Waals surface area contributed by atoms with Crippen molar-refractivity contribution in [1.82, 2.24) is 15.5 Å². The van der Waals surface area contributed by atoms with E-state index in [2.05, 4.69) is 15.5 Å². The second-order valence-corrected chi connectivity index (χ2v) is 2.11. The summed E-state index contributed by atoms with van der Waals surface area (Å²) in [5.74, 6) is -0.127. The van der Waals surface area contributed by atoms with E-state index in [4.69, 9.17) is 0 Å². The first-order chi connectivity index (χ1) is 5.25. The molecule has 1 aromatic heterocycles. The molecule has 0 saturated carbocycles. The zero-order chi connectivity index (χ0) is 8.27. The highest BCUT2D eigenvalue weighted by Crippen LogP contribution is 2.00. The predicted octanol–water partition coefficient (Wildman–Crippen LogP) is 0.145. The predicted molar refractivity (Wildman–Crippen MR) is 40.2 cm³/mol. The van der Waals surface area contributed by atoms with Gasteiger partial charge in [0.15, 0.2) is 0 Å². The maximum absolute atomic E-state index is 11.1. The SMILES string of the molecule is CNC(=O)c1ccnnc1C. The van der Waals surface area contributed by atoms with E-state index < -0.39 is 0 Å². The molecule has 0 aliphatic heterocycles. The van der Waals surface area contributed by atoms with Crippen LogP contribution in [0.25, 0.3) is 0 Å². The average molecular weight is 151 g/mol. The van der Waals surface area contributed by atoms with Crippen LogP contribution in [0.5, 0.6) is 0 Å². The molecule has 0 saturated heterocycles. The number of rotatable bonds is 1. The summed E-state index contributed by atoms with van der Waals surface area (Å²) in [5, 5.41) is 9.88. The molecule has 1 rings (SSSR count). The molecule has 0 radical (unpaired) electrons. The van der Waals surface area contributed by atoms with Crippen LogP contribution in [0, 0.1) is 6.92 Å². The van der Waals surface area contributed by atoms with Crippen LogP contribution >= 0.6 is 0 Å². The number of aryl methyl sites for hydroxylation is 1. The third kappa shape index (κ3) is 1.52. The van der Waals surface area contributed by atoms with Gasteiger partial charge in [-0.05, 0) is 13.0 Å². The van der Waals surface area contributed by atoms with Crippen LogP contribution in [0.3, 0.4) is 0 Å². The van der Waals surface area contributed by atoms with Crippen molar-refractivity contribution < 1.29 is 4.79 Å². The molecule has 0 aliphatic carbocycles. The van der Waals surface area contributed by atoms with Gasteiger partial charge in [-0.25, -0.2) is 0 Å². The fourth-order valence-electron chi connectivity index (χ4n) is 0.777. The Morgan fingerprint density at radius 1 is 1.64 bits per heavy atom. The van der Waals surface area contributed by atoms with Gasteiger partial charge < -0.3 is 5.32 Å². The number of nitrogens with one attached hydrogen (secondary N) is 1. The van der Waals surface area contributed by atoms with Crippen LogP contribution in [-0.4, -0.2) is 23.2 Å². The lowest BCUT2D eigenvalue weighted by atomic mass is 10.2. The molecule has 58 valence electrons. The van der Waals surface area contributed by atoms with E-state index in [-0.39, 0.29) is 5.91 Å². The summed E-state index contributed by atoms with van der Waals surface area (Å²) in [6, 6.07) is 1.64. The second kappa shape index (κ2) is 3.09. The molecule has 0 atom stereocenters. The maximum atomic E-state index is 11.1. The molecule has 1 N–H and O–H groups in total. The summed E-state index contributed by atoms with van der Waals surface area (Å²) in [7, 11) is 1.59. The second-order valence-electron chi connectivity index (χ2n) is 2.11. The Balaban J connectivity index is 3.03. The molecular formula is C7H9N3O. The van der Waals surface area contributed by atoms with Crippen molar-refractivity contribution >= 4 is 5.91 Å². The number of amides is 1. The first-order valence-corrected chi connectivity index (χ1v) is 3.26. The number of aromatic nitrogens is 2. The molecule has 11 heavy (non-hydrogen) atoms. The lowest BCUT2D eigenvalue weighted by molar-refractivity contribution is 0.0962. The van der Waals surface area contributed by atoms with E-state index in [1.807, 2.05) is 0 Å². The minimum atomic E-state index is -0.127. The third-order valence-electron chi connectivity index (χ3n) is 1.38. The molecular weight excluding hydrogens is 142 g/mol. The molecule has 4 nitrogen and oxygen atoms in total. The fraction of sp³-hybridized carbons (Fsp3) is 0.286. The minimum Gasteiger partial charge on any atom is -0.355 e. The van der Waals surface area contributed by atoms with Crippen LogP contribution in [0.15, 0.2) is 12.3 Å². The molecule has 0 fully saturated rings. The normalized spacial score (nSPS) is 9.27. The largest absolute Gasteiger partial charge is 0.355 e. The summed E-state index contributed by atoms with van der Waals surface area (Å²) in [6.07, 6.45) is 1.50. The topological polar surface area (TPSA) is 54.9 Å². The zero-order valence-electron chi connectivity index (χ0n) is 6.46. The molecule has 0 spiro atoms. The molecule has 0 unspecified atom stereocenters. The maximum Gasteiger partial charge on any atom is 0.252 e. The molecule has 1 aromatic rings. The van der Waals surface area contributed by atoms with E-state index in [0.717, 1.165) is 0 Å². The number of carbonyl (C=O) groups excluding carboxylic acids is 1. The molecule has 1 amide bonds. The summed E-state index contributed by atoms with van der Waals surface area (Å²) in [5.41, 5.74) is 1.22. The molecule has 0 aliphatic rings. The van der Waals surface area contributed by atoms with Gasteiger partial charge in [-0.15, -0.1) is 0 Å². The van der Waals surface area contributed by atoms with Gasteiger partial charge in [-0.1, -0.05) is 0 Å². The van der Waals surface area contributed by atoms with Crippen molar-refractivity contribution in [3.05, 3.63) is 23.5 Å². The van der Waals surface area contributed by atoms with Crippen molar-refractivity contribution in [2.45, 2.75) is 6.92 Å². The molecule has 4 heteroatoms. The summed E-state index contributed by atoms with van der Waals surface area (Å²) >= 11 is 0. The summed E-state index contributed by atoms with van der Waals surface area (Å²) in [4.78, 5) is 11.1. The van der Waals surface area contributed by atoms with Crippen LogP contribution in [0.1, 0.15) is 16.1 Å². The van der Waals surface area contributed by atoms with E-state index in [9.17, 15) is 4.79 Å². The van der Waals surface area contributed by atoms with Gasteiger partial charge in [0.2, 0.25) is 0 Å². The fourth-order valence-corrected chi connectivity index (χ4v) is 0.777. The lowest BCUT2D eigenvalue weighted by Gasteiger charge is -1.99. The van der Waals surface area contributed by atoms with Crippen LogP contribution < -0.4 is 5.32 Å². The first kappa shape index (κ1) is 7.65. The van der Waals surface area contributed by atoms with Crippen LogP contribution in [0.2, 0.25) is 0 Å². The minimum absolute atomic E-state index is 0.127. The van der Waals surface area contributed by atoms with Gasteiger partial charge >= 0.3 is 0 Å². The summed E-state index contributed by atoms with van der Waals surface area (Å²) < 4.78 is 0. The Kier molecular flexibility index (Phi) is 2.15. The highest BCUT2D eigenvalue weighted by molar-refractivity contribution is 5.94. The van der Waals surface area contributed by atoms with Crippen molar-refractivity contribution in [2.24, 2.45) is 0 Å². The van der Waals surface area contributed by atoms with Crippen molar-refractivity contribution in [3.8, 4) is 0 Å². The Labute approximate surface area is 64.6 Å². The lowest BCUT2D eigenvalue weighted by Crippen LogP contribution is -2.19. The number of carbonyl (C=O) groups is 1. The Morgan fingerprint density at radius 2 is 2.36 bits per heavy atom. The zero-order valence-corrected chi connectivity index (χ0v) is 6.46. The molecule has 1 heterocycles. The smallest absolute Gasteiger partial charge is 0.252 e. The number of hydrogen-bond donors (Lipinski definition) is 1. The average Bonchev–Trinajstić information content (AvgIpc) is 2.04. The van der Waals surface area contributed by atoms with Crippen LogP contribution in [0.4, 0.5) is 0 Å². The highest BCUT2D eigenvalue weighted by Gasteiger charge is 2.05. The standard InChI is InChI=1S/C7H9N3O/c1-5-6(7(11)8-2)3-4-9-10-5/h3-4H,1-2H3,(H,8,11). The number of hydrogen-bond acceptors (Lipinski definition) is 3. The van der Waals surface area contributed by atoms with Crippen molar-refractivity contribution in [1.29, 1.82) is 0 Å².